The topological polar surface area (TPSA) is 60.9 Å². The van der Waals surface area contributed by atoms with Gasteiger partial charge in [0.15, 0.2) is 0 Å². The number of carbonyl (C=O) groups excluding carboxylic acids is 1. The molecule has 180 valence electrons. The smallest absolute Gasteiger partial charge is 0.303 e. The molecule has 5 heteroatoms. The molecule has 33 heavy (non-hydrogen) atoms. The number of anilines is 1. The Balaban J connectivity index is 0.000000414. The minimum atomic E-state index is -0.682. The molecular weight excluding hydrogens is 412 g/mol. The lowest BCUT2D eigenvalue weighted by Crippen LogP contribution is -2.47. The molecule has 1 amide bonds. The van der Waals surface area contributed by atoms with Crippen molar-refractivity contribution in [2.75, 3.05) is 24.5 Å². The third kappa shape index (κ3) is 9.79. The average Bonchev–Trinajstić information content (AvgIpc) is 2.85. The first-order chi connectivity index (χ1) is 16.0. The summed E-state index contributed by atoms with van der Waals surface area (Å²) >= 11 is 0. The second kappa shape index (κ2) is 15.2. The Bertz CT molecular complexity index is 802. The van der Waals surface area contributed by atoms with Crippen LogP contribution in [-0.4, -0.2) is 47.6 Å². The molecular formula is C28H40N2O3. The fourth-order valence-electron chi connectivity index (χ4n) is 4.18. The predicted octanol–water partition coefficient (Wildman–Crippen LogP) is 5.79. The van der Waals surface area contributed by atoms with Crippen molar-refractivity contribution in [3.63, 3.8) is 0 Å². The molecule has 1 heterocycles. The van der Waals surface area contributed by atoms with E-state index >= 15 is 0 Å². The molecule has 3 rings (SSSR count). The quantitative estimate of drug-likeness (QED) is 0.464. The number of hydrogen-bond donors (Lipinski definition) is 1. The summed E-state index contributed by atoms with van der Waals surface area (Å²) in [5.41, 5.74) is 2.44. The van der Waals surface area contributed by atoms with Crippen LogP contribution in [-0.2, 0) is 16.0 Å². The Morgan fingerprint density at radius 1 is 0.939 bits per heavy atom. The second-order valence-corrected chi connectivity index (χ2v) is 8.61. The monoisotopic (exact) mass is 452 g/mol. The Morgan fingerprint density at radius 2 is 1.55 bits per heavy atom. The lowest BCUT2D eigenvalue weighted by Gasteiger charge is -2.38. The number of para-hydroxylation sites is 1. The molecule has 0 atom stereocenters. The minimum absolute atomic E-state index is 0.230. The van der Waals surface area contributed by atoms with Crippen LogP contribution in [0.25, 0.3) is 0 Å². The zero-order valence-electron chi connectivity index (χ0n) is 20.3. The van der Waals surface area contributed by atoms with Crippen molar-refractivity contribution in [3.05, 3.63) is 66.2 Å². The first-order valence-corrected chi connectivity index (χ1v) is 12.4. The third-order valence-electron chi connectivity index (χ3n) is 6.08. The van der Waals surface area contributed by atoms with E-state index in [1.807, 2.05) is 30.0 Å². The number of carboxylic acids is 1. The van der Waals surface area contributed by atoms with Gasteiger partial charge in [0, 0.05) is 44.2 Å². The number of nitrogens with zero attached hydrogens (tertiary/aromatic N) is 2. The van der Waals surface area contributed by atoms with Crippen LogP contribution in [0.2, 0.25) is 0 Å². The van der Waals surface area contributed by atoms with Gasteiger partial charge in [-0.25, -0.2) is 0 Å². The highest BCUT2D eigenvalue weighted by Crippen LogP contribution is 2.24. The van der Waals surface area contributed by atoms with Crippen LogP contribution in [0.3, 0.4) is 0 Å². The van der Waals surface area contributed by atoms with E-state index in [2.05, 4.69) is 54.3 Å². The van der Waals surface area contributed by atoms with Crippen molar-refractivity contribution < 1.29 is 14.7 Å². The zero-order valence-corrected chi connectivity index (χ0v) is 20.3. The maximum Gasteiger partial charge on any atom is 0.303 e. The number of benzene rings is 2. The molecule has 2 aromatic rings. The van der Waals surface area contributed by atoms with Crippen LogP contribution < -0.4 is 4.90 Å². The van der Waals surface area contributed by atoms with Crippen LogP contribution in [0.1, 0.15) is 64.4 Å². The number of carboxylic acid groups (broad SMARTS) is 1. The summed E-state index contributed by atoms with van der Waals surface area (Å²) in [6.07, 6.45) is 7.04. The molecule has 0 bridgehead atoms. The van der Waals surface area contributed by atoms with Gasteiger partial charge in [0.25, 0.3) is 0 Å². The molecule has 0 radical (unpaired) electrons. The summed E-state index contributed by atoms with van der Waals surface area (Å²) in [5, 5.41) is 8.14. The van der Waals surface area contributed by atoms with Gasteiger partial charge in [-0.05, 0) is 43.4 Å². The number of carbonyl (C=O) groups is 2. The SMILES string of the molecule is CCC(=O)N(c1ccccc1)C1CCN(CCc2ccccc2)CC1.CCCCCC(=O)O. The Labute approximate surface area is 199 Å². The zero-order chi connectivity index (χ0) is 23.9. The number of piperidine rings is 1. The van der Waals surface area contributed by atoms with Gasteiger partial charge in [-0.15, -0.1) is 0 Å². The first-order valence-electron chi connectivity index (χ1n) is 12.4. The van der Waals surface area contributed by atoms with E-state index in [0.717, 1.165) is 63.8 Å². The van der Waals surface area contributed by atoms with Crippen molar-refractivity contribution in [2.45, 2.75) is 71.3 Å². The lowest BCUT2D eigenvalue weighted by atomic mass is 10.0. The van der Waals surface area contributed by atoms with E-state index in [0.29, 0.717) is 18.9 Å². The first kappa shape index (κ1) is 26.6. The maximum atomic E-state index is 12.5. The van der Waals surface area contributed by atoms with Gasteiger partial charge in [0.2, 0.25) is 5.91 Å². The predicted molar refractivity (Wildman–Crippen MR) is 136 cm³/mol. The van der Waals surface area contributed by atoms with E-state index in [1.54, 1.807) is 0 Å². The van der Waals surface area contributed by atoms with E-state index in [1.165, 1.54) is 5.56 Å². The highest BCUT2D eigenvalue weighted by molar-refractivity contribution is 5.93. The lowest BCUT2D eigenvalue weighted by molar-refractivity contribution is -0.137. The molecule has 1 saturated heterocycles. The molecule has 0 saturated carbocycles. The molecule has 0 spiro atoms. The van der Waals surface area contributed by atoms with Gasteiger partial charge in [-0.1, -0.05) is 75.2 Å². The number of aliphatic carboxylic acids is 1. The number of likely N-dealkylation sites (tertiary alicyclic amines) is 1. The van der Waals surface area contributed by atoms with Crippen molar-refractivity contribution >= 4 is 17.6 Å². The van der Waals surface area contributed by atoms with E-state index in [9.17, 15) is 9.59 Å². The van der Waals surface area contributed by atoms with Gasteiger partial charge >= 0.3 is 5.97 Å². The Kier molecular flexibility index (Phi) is 12.3. The maximum absolute atomic E-state index is 12.5. The standard InChI is InChI=1S/C22H28N2O.C6H12O2/c1-2-22(25)24(20-11-7-4-8-12-20)21-14-17-23(18-15-21)16-13-19-9-5-3-6-10-19;1-2-3-4-5-6(7)8/h3-12,21H,2,13-18H2,1H3;2-5H2,1H3,(H,7,8). The van der Waals surface area contributed by atoms with Crippen LogP contribution in [0.15, 0.2) is 60.7 Å². The van der Waals surface area contributed by atoms with Crippen LogP contribution in [0, 0.1) is 0 Å². The van der Waals surface area contributed by atoms with E-state index in [-0.39, 0.29) is 5.91 Å². The van der Waals surface area contributed by atoms with Crippen molar-refractivity contribution in [1.82, 2.24) is 4.90 Å². The fraction of sp³-hybridized carbons (Fsp3) is 0.500. The summed E-state index contributed by atoms with van der Waals surface area (Å²) in [5.74, 6) is -0.451. The molecule has 0 aliphatic carbocycles. The van der Waals surface area contributed by atoms with Gasteiger partial charge in [-0.2, -0.15) is 0 Å². The van der Waals surface area contributed by atoms with Gasteiger partial charge in [0.1, 0.15) is 0 Å². The van der Waals surface area contributed by atoms with Gasteiger partial charge in [0.05, 0.1) is 0 Å². The van der Waals surface area contributed by atoms with Gasteiger partial charge in [-0.3, -0.25) is 9.59 Å². The van der Waals surface area contributed by atoms with Crippen molar-refractivity contribution in [1.29, 1.82) is 0 Å². The van der Waals surface area contributed by atoms with Crippen LogP contribution in [0.5, 0.6) is 0 Å². The van der Waals surface area contributed by atoms with E-state index in [4.69, 9.17) is 5.11 Å². The normalized spacial score (nSPS) is 14.2. The highest BCUT2D eigenvalue weighted by atomic mass is 16.4. The third-order valence-corrected chi connectivity index (χ3v) is 6.08. The summed E-state index contributed by atoms with van der Waals surface area (Å²) in [6.45, 7) is 7.24. The molecule has 2 aromatic carbocycles. The minimum Gasteiger partial charge on any atom is -0.481 e. The summed E-state index contributed by atoms with van der Waals surface area (Å²) in [4.78, 5) is 27.0. The second-order valence-electron chi connectivity index (χ2n) is 8.61. The molecule has 1 N–H and O–H groups in total. The average molecular weight is 453 g/mol. The van der Waals surface area contributed by atoms with Gasteiger partial charge < -0.3 is 14.9 Å². The number of hydrogen-bond acceptors (Lipinski definition) is 3. The molecule has 1 aliphatic heterocycles. The largest absolute Gasteiger partial charge is 0.481 e. The van der Waals surface area contributed by atoms with Crippen LogP contribution >= 0.6 is 0 Å². The molecule has 1 aliphatic rings. The summed E-state index contributed by atoms with van der Waals surface area (Å²) in [6, 6.07) is 21.1. The number of rotatable bonds is 10. The Hall–Kier alpha value is -2.66. The molecule has 0 aromatic heterocycles. The molecule has 0 unspecified atom stereocenters. The summed E-state index contributed by atoms with van der Waals surface area (Å²) in [7, 11) is 0. The van der Waals surface area contributed by atoms with E-state index < -0.39 is 5.97 Å². The Morgan fingerprint density at radius 3 is 2.09 bits per heavy atom. The molecule has 5 nitrogen and oxygen atoms in total. The fourth-order valence-corrected chi connectivity index (χ4v) is 4.18. The van der Waals surface area contributed by atoms with Crippen LogP contribution in [0.4, 0.5) is 5.69 Å². The molecule has 1 fully saturated rings. The van der Waals surface area contributed by atoms with Crippen molar-refractivity contribution in [2.24, 2.45) is 0 Å². The highest BCUT2D eigenvalue weighted by Gasteiger charge is 2.28. The number of unbranched alkanes of at least 4 members (excludes halogenated alkanes) is 2. The summed E-state index contributed by atoms with van der Waals surface area (Å²) < 4.78 is 0. The number of amides is 1. The van der Waals surface area contributed by atoms with Crippen molar-refractivity contribution in [3.8, 4) is 0 Å².